The molecule has 0 aromatic heterocycles. The smallest absolute Gasteiger partial charge is 0.227 e. The van der Waals surface area contributed by atoms with E-state index in [9.17, 15) is 9.90 Å². The van der Waals surface area contributed by atoms with Gasteiger partial charge < -0.3 is 10.0 Å². The summed E-state index contributed by atoms with van der Waals surface area (Å²) < 4.78 is 1.00. The summed E-state index contributed by atoms with van der Waals surface area (Å²) in [5.74, 6) is 0.177. The van der Waals surface area contributed by atoms with Crippen LogP contribution in [0.25, 0.3) is 0 Å². The molecule has 1 N–H and O–H groups in total. The average Bonchev–Trinajstić information content (AvgIpc) is 2.37. The van der Waals surface area contributed by atoms with Gasteiger partial charge in [-0.2, -0.15) is 0 Å². The standard InChI is InChI=1S/C16H23BrN2O2/c1-16(2,21)12-18-6-8-19(9-7-18)15(20)11-13-4-3-5-14(17)10-13/h3-5,10,21H,6-9,11-12H2,1-2H3. The molecule has 1 saturated heterocycles. The van der Waals surface area contributed by atoms with E-state index in [1.807, 2.05) is 43.0 Å². The molecule has 1 aliphatic rings. The molecule has 0 unspecified atom stereocenters. The Kier molecular flexibility index (Phi) is 5.41. The average molecular weight is 355 g/mol. The number of carbonyl (C=O) groups is 1. The van der Waals surface area contributed by atoms with Crippen molar-refractivity contribution in [3.05, 3.63) is 34.3 Å². The van der Waals surface area contributed by atoms with Crippen molar-refractivity contribution < 1.29 is 9.90 Å². The second-order valence-electron chi connectivity index (χ2n) is 6.28. The second kappa shape index (κ2) is 6.90. The Morgan fingerprint density at radius 3 is 2.52 bits per heavy atom. The van der Waals surface area contributed by atoms with E-state index in [2.05, 4.69) is 20.8 Å². The molecule has 2 rings (SSSR count). The molecule has 21 heavy (non-hydrogen) atoms. The van der Waals surface area contributed by atoms with Gasteiger partial charge in [0.1, 0.15) is 0 Å². The van der Waals surface area contributed by atoms with Gasteiger partial charge in [-0.05, 0) is 31.5 Å². The highest BCUT2D eigenvalue weighted by molar-refractivity contribution is 9.10. The fourth-order valence-corrected chi connectivity index (χ4v) is 3.08. The van der Waals surface area contributed by atoms with E-state index in [0.29, 0.717) is 13.0 Å². The van der Waals surface area contributed by atoms with Gasteiger partial charge in [0, 0.05) is 37.2 Å². The van der Waals surface area contributed by atoms with Crippen LogP contribution in [0.15, 0.2) is 28.7 Å². The van der Waals surface area contributed by atoms with Gasteiger partial charge in [0.2, 0.25) is 5.91 Å². The van der Waals surface area contributed by atoms with Crippen LogP contribution in [0.2, 0.25) is 0 Å². The van der Waals surface area contributed by atoms with Gasteiger partial charge in [0.15, 0.2) is 0 Å². The van der Waals surface area contributed by atoms with E-state index in [-0.39, 0.29) is 5.91 Å². The number of halogens is 1. The van der Waals surface area contributed by atoms with E-state index in [1.165, 1.54) is 0 Å². The van der Waals surface area contributed by atoms with E-state index >= 15 is 0 Å². The number of amides is 1. The first kappa shape index (κ1) is 16.5. The summed E-state index contributed by atoms with van der Waals surface area (Å²) in [5, 5.41) is 9.84. The highest BCUT2D eigenvalue weighted by atomic mass is 79.9. The van der Waals surface area contributed by atoms with E-state index in [0.717, 1.165) is 36.2 Å². The summed E-state index contributed by atoms with van der Waals surface area (Å²) in [4.78, 5) is 16.4. The van der Waals surface area contributed by atoms with Crippen LogP contribution in [0, 0.1) is 0 Å². The largest absolute Gasteiger partial charge is 0.389 e. The Morgan fingerprint density at radius 2 is 1.95 bits per heavy atom. The maximum Gasteiger partial charge on any atom is 0.227 e. The van der Waals surface area contributed by atoms with Crippen LogP contribution in [-0.2, 0) is 11.2 Å². The Morgan fingerprint density at radius 1 is 1.29 bits per heavy atom. The maximum atomic E-state index is 12.3. The lowest BCUT2D eigenvalue weighted by molar-refractivity contribution is -0.132. The maximum absolute atomic E-state index is 12.3. The summed E-state index contributed by atoms with van der Waals surface area (Å²) >= 11 is 3.43. The zero-order valence-electron chi connectivity index (χ0n) is 12.7. The zero-order chi connectivity index (χ0) is 15.5. The van der Waals surface area contributed by atoms with Crippen LogP contribution in [0.1, 0.15) is 19.4 Å². The predicted molar refractivity (Wildman–Crippen MR) is 87.2 cm³/mol. The second-order valence-corrected chi connectivity index (χ2v) is 7.19. The van der Waals surface area contributed by atoms with Crippen LogP contribution in [0.5, 0.6) is 0 Å². The van der Waals surface area contributed by atoms with E-state index in [4.69, 9.17) is 0 Å². The minimum absolute atomic E-state index is 0.177. The van der Waals surface area contributed by atoms with E-state index < -0.39 is 5.60 Å². The number of piperazine rings is 1. The number of carbonyl (C=O) groups excluding carboxylic acids is 1. The van der Waals surface area contributed by atoms with E-state index in [1.54, 1.807) is 0 Å². The van der Waals surface area contributed by atoms with Crippen LogP contribution >= 0.6 is 15.9 Å². The van der Waals surface area contributed by atoms with Crippen molar-refractivity contribution in [2.45, 2.75) is 25.9 Å². The summed E-state index contributed by atoms with van der Waals surface area (Å²) in [6.45, 7) is 7.42. The Labute approximate surface area is 134 Å². The third-order valence-corrected chi connectivity index (χ3v) is 4.07. The normalized spacial score (nSPS) is 17.0. The molecule has 0 saturated carbocycles. The number of β-amino-alcohol motifs (C(OH)–C–C–N with tert-alkyl or cyclic N) is 1. The van der Waals surface area contributed by atoms with Crippen LogP contribution < -0.4 is 0 Å². The van der Waals surface area contributed by atoms with Crippen molar-refractivity contribution in [2.75, 3.05) is 32.7 Å². The summed E-state index contributed by atoms with van der Waals surface area (Å²) in [7, 11) is 0. The monoisotopic (exact) mass is 354 g/mol. The summed E-state index contributed by atoms with van der Waals surface area (Å²) in [6.07, 6.45) is 0.449. The first-order valence-corrected chi connectivity index (χ1v) is 8.10. The SMILES string of the molecule is CC(C)(O)CN1CCN(C(=O)Cc2cccc(Br)c2)CC1. The molecule has 4 nitrogen and oxygen atoms in total. The van der Waals surface area contributed by atoms with Gasteiger partial charge >= 0.3 is 0 Å². The molecule has 1 amide bonds. The third-order valence-electron chi connectivity index (χ3n) is 3.58. The van der Waals surface area contributed by atoms with Gasteiger partial charge in [-0.1, -0.05) is 28.1 Å². The molecule has 0 spiro atoms. The number of benzene rings is 1. The molecule has 5 heteroatoms. The topological polar surface area (TPSA) is 43.8 Å². The molecule has 0 radical (unpaired) electrons. The van der Waals surface area contributed by atoms with Crippen molar-refractivity contribution in [2.24, 2.45) is 0 Å². The highest BCUT2D eigenvalue weighted by Crippen LogP contribution is 2.14. The first-order valence-electron chi connectivity index (χ1n) is 7.30. The third kappa shape index (κ3) is 5.41. The molecular formula is C16H23BrN2O2. The zero-order valence-corrected chi connectivity index (χ0v) is 14.3. The molecule has 1 heterocycles. The van der Waals surface area contributed by atoms with Gasteiger partial charge in [-0.25, -0.2) is 0 Å². The first-order chi connectivity index (χ1) is 9.83. The molecule has 1 aromatic carbocycles. The summed E-state index contributed by atoms with van der Waals surface area (Å²) in [6, 6.07) is 7.88. The van der Waals surface area contributed by atoms with Crippen molar-refractivity contribution in [1.29, 1.82) is 0 Å². The lowest BCUT2D eigenvalue weighted by Gasteiger charge is -2.37. The number of hydrogen-bond acceptors (Lipinski definition) is 3. The Hall–Kier alpha value is -0.910. The fourth-order valence-electron chi connectivity index (χ4n) is 2.64. The van der Waals surface area contributed by atoms with Crippen molar-refractivity contribution in [3.8, 4) is 0 Å². The Bertz CT molecular complexity index is 491. The van der Waals surface area contributed by atoms with Gasteiger partial charge in [0.05, 0.1) is 12.0 Å². The van der Waals surface area contributed by atoms with Crippen LogP contribution in [0.3, 0.4) is 0 Å². The number of hydrogen-bond donors (Lipinski definition) is 1. The highest BCUT2D eigenvalue weighted by Gasteiger charge is 2.24. The number of rotatable bonds is 4. The molecule has 0 atom stereocenters. The quantitative estimate of drug-likeness (QED) is 0.897. The van der Waals surface area contributed by atoms with Crippen LogP contribution in [-0.4, -0.2) is 59.1 Å². The molecule has 0 aliphatic carbocycles. The summed E-state index contributed by atoms with van der Waals surface area (Å²) in [5.41, 5.74) is 0.357. The molecule has 1 fully saturated rings. The van der Waals surface area contributed by atoms with Crippen molar-refractivity contribution in [1.82, 2.24) is 9.80 Å². The minimum atomic E-state index is -0.678. The van der Waals surface area contributed by atoms with Gasteiger partial charge in [-0.15, -0.1) is 0 Å². The lowest BCUT2D eigenvalue weighted by atomic mass is 10.1. The molecule has 1 aromatic rings. The van der Waals surface area contributed by atoms with Gasteiger partial charge in [-0.3, -0.25) is 9.69 Å². The van der Waals surface area contributed by atoms with Crippen LogP contribution in [0.4, 0.5) is 0 Å². The molecular weight excluding hydrogens is 332 g/mol. The Balaban J connectivity index is 1.83. The number of nitrogens with zero attached hydrogens (tertiary/aromatic N) is 2. The molecule has 1 aliphatic heterocycles. The van der Waals surface area contributed by atoms with Crippen molar-refractivity contribution in [3.63, 3.8) is 0 Å². The lowest BCUT2D eigenvalue weighted by Crippen LogP contribution is -2.52. The minimum Gasteiger partial charge on any atom is -0.389 e. The van der Waals surface area contributed by atoms with Crippen molar-refractivity contribution >= 4 is 21.8 Å². The number of aliphatic hydroxyl groups is 1. The fraction of sp³-hybridized carbons (Fsp3) is 0.562. The predicted octanol–water partition coefficient (Wildman–Crippen LogP) is 1.91. The molecule has 0 bridgehead atoms. The molecule has 116 valence electrons. The van der Waals surface area contributed by atoms with Gasteiger partial charge in [0.25, 0.3) is 0 Å².